The summed E-state index contributed by atoms with van der Waals surface area (Å²) in [5, 5.41) is 14.8. The van der Waals surface area contributed by atoms with Gasteiger partial charge in [-0.1, -0.05) is 23.7 Å². The molecule has 0 spiro atoms. The van der Waals surface area contributed by atoms with Crippen molar-refractivity contribution < 1.29 is 5.11 Å². The summed E-state index contributed by atoms with van der Waals surface area (Å²) in [4.78, 5) is 0. The molecule has 1 unspecified atom stereocenters. The number of aliphatic hydroxyl groups excluding tert-OH is 1. The number of hydrogen-bond donors (Lipinski definition) is 1. The van der Waals surface area contributed by atoms with Crippen LogP contribution in [0.2, 0.25) is 5.02 Å². The van der Waals surface area contributed by atoms with E-state index >= 15 is 0 Å². The van der Waals surface area contributed by atoms with Crippen LogP contribution in [0.3, 0.4) is 0 Å². The van der Waals surface area contributed by atoms with Crippen molar-refractivity contribution in [2.75, 3.05) is 0 Å². The van der Waals surface area contributed by atoms with Gasteiger partial charge in [-0.05, 0) is 36.6 Å². The first-order valence-electron chi connectivity index (χ1n) is 5.57. The van der Waals surface area contributed by atoms with Crippen molar-refractivity contribution in [3.05, 3.63) is 52.8 Å². The van der Waals surface area contributed by atoms with Crippen molar-refractivity contribution in [2.45, 2.75) is 18.9 Å². The molecule has 0 bridgehead atoms. The summed E-state index contributed by atoms with van der Waals surface area (Å²) in [6.07, 6.45) is 2.74. The molecule has 0 fully saturated rings. The maximum Gasteiger partial charge on any atom is 0.0794 e. The van der Waals surface area contributed by atoms with E-state index < -0.39 is 6.10 Å². The molecule has 1 N–H and O–H groups in total. The van der Waals surface area contributed by atoms with Crippen LogP contribution in [0.5, 0.6) is 0 Å². The Morgan fingerprint density at radius 1 is 1.41 bits per heavy atom. The van der Waals surface area contributed by atoms with Crippen molar-refractivity contribution >= 4 is 11.6 Å². The second-order valence-corrected chi connectivity index (χ2v) is 4.49. The van der Waals surface area contributed by atoms with Crippen molar-refractivity contribution in [2.24, 2.45) is 7.05 Å². The zero-order chi connectivity index (χ0) is 12.3. The van der Waals surface area contributed by atoms with Gasteiger partial charge in [0.2, 0.25) is 0 Å². The van der Waals surface area contributed by atoms with Gasteiger partial charge in [-0.3, -0.25) is 4.68 Å². The fourth-order valence-electron chi connectivity index (χ4n) is 1.81. The molecule has 1 aromatic carbocycles. The molecule has 0 aliphatic heterocycles. The topological polar surface area (TPSA) is 38.0 Å². The van der Waals surface area contributed by atoms with Crippen LogP contribution in [0.4, 0.5) is 0 Å². The van der Waals surface area contributed by atoms with Crippen LogP contribution in [0, 0.1) is 0 Å². The molecule has 2 rings (SSSR count). The summed E-state index contributed by atoms with van der Waals surface area (Å²) in [6.45, 7) is 0. The van der Waals surface area contributed by atoms with Gasteiger partial charge in [-0.2, -0.15) is 5.10 Å². The molecule has 0 amide bonds. The van der Waals surface area contributed by atoms with Crippen LogP contribution in [0.25, 0.3) is 0 Å². The molecule has 0 aliphatic rings. The van der Waals surface area contributed by atoms with Crippen LogP contribution in [0.1, 0.15) is 23.8 Å². The normalized spacial score (nSPS) is 12.6. The predicted molar refractivity (Wildman–Crippen MR) is 67.9 cm³/mol. The summed E-state index contributed by atoms with van der Waals surface area (Å²) < 4.78 is 1.82. The molecule has 1 aromatic heterocycles. The van der Waals surface area contributed by atoms with Crippen molar-refractivity contribution in [1.82, 2.24) is 9.78 Å². The monoisotopic (exact) mass is 250 g/mol. The summed E-state index contributed by atoms with van der Waals surface area (Å²) in [5.74, 6) is 0. The number of aromatic nitrogens is 2. The molecule has 0 aliphatic carbocycles. The van der Waals surface area contributed by atoms with Crippen LogP contribution in [-0.4, -0.2) is 14.9 Å². The lowest BCUT2D eigenvalue weighted by atomic mass is 10.0. The smallest absolute Gasteiger partial charge is 0.0794 e. The highest BCUT2D eigenvalue weighted by Crippen LogP contribution is 2.21. The number of halogens is 1. The average Bonchev–Trinajstić information content (AvgIpc) is 2.72. The van der Waals surface area contributed by atoms with E-state index in [0.29, 0.717) is 11.4 Å². The Bertz CT molecular complexity index is 496. The molecular weight excluding hydrogens is 236 g/mol. The minimum absolute atomic E-state index is 0.483. The Balaban J connectivity index is 1.98. The van der Waals surface area contributed by atoms with E-state index in [1.807, 2.05) is 29.9 Å². The number of hydrogen-bond acceptors (Lipinski definition) is 2. The highest BCUT2D eigenvalue weighted by atomic mass is 35.5. The van der Waals surface area contributed by atoms with Crippen LogP contribution >= 0.6 is 11.6 Å². The molecule has 4 heteroatoms. The lowest BCUT2D eigenvalue weighted by Crippen LogP contribution is -2.03. The first-order valence-corrected chi connectivity index (χ1v) is 5.95. The third kappa shape index (κ3) is 3.08. The van der Waals surface area contributed by atoms with Crippen LogP contribution < -0.4 is 0 Å². The summed E-state index contributed by atoms with van der Waals surface area (Å²) in [7, 11) is 1.90. The highest BCUT2D eigenvalue weighted by molar-refractivity contribution is 6.30. The number of aryl methyl sites for hydroxylation is 2. The average molecular weight is 251 g/mol. The second kappa shape index (κ2) is 5.34. The highest BCUT2D eigenvalue weighted by Gasteiger charge is 2.09. The number of rotatable bonds is 4. The number of benzene rings is 1. The molecular formula is C13H15ClN2O. The van der Waals surface area contributed by atoms with Crippen molar-refractivity contribution in [3.8, 4) is 0 Å². The third-order valence-corrected chi connectivity index (χ3v) is 3.06. The largest absolute Gasteiger partial charge is 0.388 e. The van der Waals surface area contributed by atoms with Gasteiger partial charge in [0.05, 0.1) is 6.10 Å². The van der Waals surface area contributed by atoms with Crippen molar-refractivity contribution in [1.29, 1.82) is 0 Å². The van der Waals surface area contributed by atoms with Gasteiger partial charge in [-0.15, -0.1) is 0 Å². The fourth-order valence-corrected chi connectivity index (χ4v) is 2.01. The summed E-state index contributed by atoms with van der Waals surface area (Å²) >= 11 is 5.89. The number of nitrogens with zero attached hydrogens (tertiary/aromatic N) is 2. The molecule has 3 nitrogen and oxygen atoms in total. The maximum absolute atomic E-state index is 10.0. The van der Waals surface area contributed by atoms with Gasteiger partial charge in [0, 0.05) is 24.0 Å². The third-order valence-electron chi connectivity index (χ3n) is 2.83. The molecule has 0 saturated carbocycles. The molecule has 90 valence electrons. The zero-order valence-corrected chi connectivity index (χ0v) is 10.4. The van der Waals surface area contributed by atoms with E-state index in [1.54, 1.807) is 18.3 Å². The first kappa shape index (κ1) is 12.1. The molecule has 0 radical (unpaired) electrons. The Kier molecular flexibility index (Phi) is 3.82. The predicted octanol–water partition coefficient (Wildman–Crippen LogP) is 2.74. The molecule has 1 atom stereocenters. The Labute approximate surface area is 106 Å². The van der Waals surface area contributed by atoms with E-state index in [4.69, 9.17) is 11.6 Å². The zero-order valence-electron chi connectivity index (χ0n) is 9.68. The van der Waals surface area contributed by atoms with Crippen molar-refractivity contribution in [3.63, 3.8) is 0 Å². The first-order chi connectivity index (χ1) is 8.16. The van der Waals surface area contributed by atoms with E-state index in [-0.39, 0.29) is 0 Å². The van der Waals surface area contributed by atoms with Gasteiger partial charge >= 0.3 is 0 Å². The molecule has 1 heterocycles. The minimum atomic E-state index is -0.483. The van der Waals surface area contributed by atoms with Gasteiger partial charge in [0.25, 0.3) is 0 Å². The fraction of sp³-hybridized carbons (Fsp3) is 0.308. The van der Waals surface area contributed by atoms with Crippen LogP contribution in [-0.2, 0) is 13.5 Å². The standard InChI is InChI=1S/C13H15ClN2O/c1-16-12(7-8-15-16)5-6-13(17)10-3-2-4-11(14)9-10/h2-4,7-9,13,17H,5-6H2,1H3. The Morgan fingerprint density at radius 2 is 2.24 bits per heavy atom. The van der Waals surface area contributed by atoms with Crippen LogP contribution in [0.15, 0.2) is 36.5 Å². The lowest BCUT2D eigenvalue weighted by molar-refractivity contribution is 0.167. The summed E-state index contributed by atoms with van der Waals surface area (Å²) in [5.41, 5.74) is 1.98. The molecule has 0 saturated heterocycles. The van der Waals surface area contributed by atoms with E-state index in [1.165, 1.54) is 0 Å². The lowest BCUT2D eigenvalue weighted by Gasteiger charge is -2.11. The second-order valence-electron chi connectivity index (χ2n) is 4.06. The van der Waals surface area contributed by atoms with Gasteiger partial charge in [0.1, 0.15) is 0 Å². The molecule has 17 heavy (non-hydrogen) atoms. The van der Waals surface area contributed by atoms with Gasteiger partial charge in [0.15, 0.2) is 0 Å². The van der Waals surface area contributed by atoms with E-state index in [0.717, 1.165) is 17.7 Å². The SMILES string of the molecule is Cn1nccc1CCC(O)c1cccc(Cl)c1. The number of aliphatic hydroxyl groups is 1. The quantitative estimate of drug-likeness (QED) is 0.906. The van der Waals surface area contributed by atoms with Gasteiger partial charge < -0.3 is 5.11 Å². The Hall–Kier alpha value is -1.32. The maximum atomic E-state index is 10.0. The minimum Gasteiger partial charge on any atom is -0.388 e. The molecule has 2 aromatic rings. The van der Waals surface area contributed by atoms with Gasteiger partial charge in [-0.25, -0.2) is 0 Å². The van der Waals surface area contributed by atoms with E-state index in [2.05, 4.69) is 5.10 Å². The Morgan fingerprint density at radius 3 is 2.88 bits per heavy atom. The summed E-state index contributed by atoms with van der Waals surface area (Å²) in [6, 6.07) is 9.31. The van der Waals surface area contributed by atoms with E-state index in [9.17, 15) is 5.11 Å².